The third-order valence-electron chi connectivity index (χ3n) is 5.89. The molecule has 0 radical (unpaired) electrons. The minimum Gasteiger partial charge on any atom is -0.496 e. The van der Waals surface area contributed by atoms with Crippen molar-refractivity contribution in [2.75, 3.05) is 43.6 Å². The number of rotatable bonds is 6. The molecule has 1 fully saturated rings. The van der Waals surface area contributed by atoms with Crippen LogP contribution in [0.1, 0.15) is 11.3 Å². The first-order chi connectivity index (χ1) is 16.2. The number of pyridine rings is 2. The van der Waals surface area contributed by atoms with E-state index in [1.165, 1.54) is 13.2 Å². The Hall–Kier alpha value is -3.72. The quantitative estimate of drug-likeness (QED) is 0.482. The summed E-state index contributed by atoms with van der Waals surface area (Å²) in [5.74, 6) is 1.88. The Kier molecular flexibility index (Phi) is 5.78. The molecule has 1 saturated heterocycles. The zero-order valence-corrected chi connectivity index (χ0v) is 18.6. The lowest BCUT2D eigenvalue weighted by Crippen LogP contribution is -2.36. The van der Waals surface area contributed by atoms with Gasteiger partial charge in [0, 0.05) is 42.0 Å². The summed E-state index contributed by atoms with van der Waals surface area (Å²) in [6.45, 7) is 5.38. The molecule has 9 heteroatoms. The molecule has 1 aliphatic rings. The Bertz CT molecular complexity index is 1290. The molecule has 0 aliphatic carbocycles. The summed E-state index contributed by atoms with van der Waals surface area (Å²) in [6.07, 6.45) is 1.64. The van der Waals surface area contributed by atoms with E-state index in [9.17, 15) is 4.39 Å². The van der Waals surface area contributed by atoms with Gasteiger partial charge in [-0.1, -0.05) is 6.07 Å². The Labute approximate surface area is 191 Å². The Balaban J connectivity index is 1.44. The van der Waals surface area contributed by atoms with Crippen LogP contribution in [-0.2, 0) is 11.3 Å². The number of benzene rings is 1. The van der Waals surface area contributed by atoms with E-state index in [-0.39, 0.29) is 12.4 Å². The minimum atomic E-state index is -0.319. The van der Waals surface area contributed by atoms with Crippen LogP contribution in [0.5, 0.6) is 5.75 Å². The number of aromatic nitrogens is 4. The topological polar surface area (TPSA) is 76.8 Å². The molecule has 0 amide bonds. The number of morpholine rings is 1. The molecule has 0 bridgehead atoms. The molecule has 5 rings (SSSR count). The first-order valence-electron chi connectivity index (χ1n) is 10.8. The maximum absolute atomic E-state index is 14.3. The Morgan fingerprint density at radius 3 is 2.70 bits per heavy atom. The van der Waals surface area contributed by atoms with Crippen molar-refractivity contribution >= 4 is 17.3 Å². The van der Waals surface area contributed by atoms with Gasteiger partial charge >= 0.3 is 0 Å². The number of halogens is 1. The predicted molar refractivity (Wildman–Crippen MR) is 124 cm³/mol. The van der Waals surface area contributed by atoms with Gasteiger partial charge in [-0.15, -0.1) is 10.2 Å². The van der Waals surface area contributed by atoms with Crippen molar-refractivity contribution in [3.63, 3.8) is 0 Å². The Morgan fingerprint density at radius 1 is 1.09 bits per heavy atom. The standard InChI is InChI=1S/C24H25FN6O2/c1-16-17(6-9-23(28-16)30-10-12-33-13-11-30)18-7-8-22(31-15-27-29-24(18)31)26-14-19-20(25)4-3-5-21(19)32-2/h3-9,15,26H,10-14H2,1-2H3. The maximum Gasteiger partial charge on any atom is 0.170 e. The molecule has 4 heterocycles. The van der Waals surface area contributed by atoms with Crippen LogP contribution in [0.25, 0.3) is 16.8 Å². The second-order valence-corrected chi connectivity index (χ2v) is 7.83. The van der Waals surface area contributed by atoms with Crippen molar-refractivity contribution in [1.82, 2.24) is 19.6 Å². The summed E-state index contributed by atoms with van der Waals surface area (Å²) in [4.78, 5) is 7.07. The SMILES string of the molecule is COc1cccc(F)c1CNc1ccc(-c2ccc(N3CCOCC3)nc2C)c2nncn12. The first kappa shape index (κ1) is 21.1. The van der Waals surface area contributed by atoms with Crippen LogP contribution < -0.4 is 15.0 Å². The maximum atomic E-state index is 14.3. The highest BCUT2D eigenvalue weighted by atomic mass is 19.1. The molecule has 0 unspecified atom stereocenters. The summed E-state index contributed by atoms with van der Waals surface area (Å²) in [5.41, 5.74) is 4.00. The normalized spacial score (nSPS) is 14.0. The van der Waals surface area contributed by atoms with Gasteiger partial charge in [0.05, 0.1) is 20.3 Å². The second-order valence-electron chi connectivity index (χ2n) is 7.83. The molecule has 3 aromatic heterocycles. The third-order valence-corrected chi connectivity index (χ3v) is 5.89. The van der Waals surface area contributed by atoms with Gasteiger partial charge in [0.1, 0.15) is 29.5 Å². The summed E-state index contributed by atoms with van der Waals surface area (Å²) in [5, 5.41) is 11.7. The van der Waals surface area contributed by atoms with Gasteiger partial charge < -0.3 is 19.7 Å². The van der Waals surface area contributed by atoms with Gasteiger partial charge in [0.25, 0.3) is 0 Å². The molecule has 0 saturated carbocycles. The molecule has 1 aliphatic heterocycles. The molecule has 4 aromatic rings. The number of methoxy groups -OCH3 is 1. The average molecular weight is 449 g/mol. The first-order valence-corrected chi connectivity index (χ1v) is 10.8. The van der Waals surface area contributed by atoms with Crippen molar-refractivity contribution in [3.8, 4) is 16.9 Å². The molecule has 1 N–H and O–H groups in total. The summed E-state index contributed by atoms with van der Waals surface area (Å²) in [7, 11) is 1.53. The zero-order valence-electron chi connectivity index (χ0n) is 18.6. The highest BCUT2D eigenvalue weighted by Crippen LogP contribution is 2.30. The van der Waals surface area contributed by atoms with E-state index in [1.807, 2.05) is 29.5 Å². The third kappa shape index (κ3) is 4.07. The minimum absolute atomic E-state index is 0.261. The Morgan fingerprint density at radius 2 is 1.91 bits per heavy atom. The summed E-state index contributed by atoms with van der Waals surface area (Å²) in [6, 6.07) is 12.8. The number of nitrogens with one attached hydrogen (secondary N) is 1. The number of ether oxygens (including phenoxy) is 2. The van der Waals surface area contributed by atoms with Crippen LogP contribution in [0.15, 0.2) is 48.8 Å². The lowest BCUT2D eigenvalue weighted by Gasteiger charge is -2.28. The fourth-order valence-corrected chi connectivity index (χ4v) is 4.15. The second kappa shape index (κ2) is 9.03. The van der Waals surface area contributed by atoms with Gasteiger partial charge in [-0.05, 0) is 43.3 Å². The molecule has 8 nitrogen and oxygen atoms in total. The van der Waals surface area contributed by atoms with Crippen molar-refractivity contribution in [3.05, 3.63) is 65.9 Å². The number of aryl methyl sites for hydroxylation is 1. The number of nitrogens with zero attached hydrogens (tertiary/aromatic N) is 5. The van der Waals surface area contributed by atoms with Gasteiger partial charge in [0.2, 0.25) is 0 Å². The summed E-state index contributed by atoms with van der Waals surface area (Å²) >= 11 is 0. The van der Waals surface area contributed by atoms with E-state index in [2.05, 4.69) is 26.5 Å². The lowest BCUT2D eigenvalue weighted by atomic mass is 10.1. The monoisotopic (exact) mass is 448 g/mol. The highest BCUT2D eigenvalue weighted by molar-refractivity contribution is 5.80. The molecule has 0 spiro atoms. The fourth-order valence-electron chi connectivity index (χ4n) is 4.15. The highest BCUT2D eigenvalue weighted by Gasteiger charge is 2.17. The van der Waals surface area contributed by atoms with Crippen LogP contribution in [0.3, 0.4) is 0 Å². The van der Waals surface area contributed by atoms with E-state index in [0.29, 0.717) is 17.0 Å². The van der Waals surface area contributed by atoms with E-state index >= 15 is 0 Å². The van der Waals surface area contributed by atoms with E-state index < -0.39 is 0 Å². The van der Waals surface area contributed by atoms with Gasteiger partial charge in [0.15, 0.2) is 5.65 Å². The molecule has 170 valence electrons. The van der Waals surface area contributed by atoms with Crippen molar-refractivity contribution in [1.29, 1.82) is 0 Å². The molecule has 1 aromatic carbocycles. The number of hydrogen-bond acceptors (Lipinski definition) is 7. The van der Waals surface area contributed by atoms with E-state index in [1.54, 1.807) is 18.5 Å². The van der Waals surface area contributed by atoms with Crippen LogP contribution in [-0.4, -0.2) is 53.0 Å². The predicted octanol–water partition coefficient (Wildman–Crippen LogP) is 3.70. The molecule has 33 heavy (non-hydrogen) atoms. The van der Waals surface area contributed by atoms with Crippen molar-refractivity contribution < 1.29 is 13.9 Å². The molecular weight excluding hydrogens is 423 g/mol. The van der Waals surface area contributed by atoms with Crippen LogP contribution in [0, 0.1) is 12.7 Å². The summed E-state index contributed by atoms with van der Waals surface area (Å²) < 4.78 is 26.9. The lowest BCUT2D eigenvalue weighted by molar-refractivity contribution is 0.122. The van der Waals surface area contributed by atoms with Gasteiger partial charge in [-0.2, -0.15) is 0 Å². The zero-order chi connectivity index (χ0) is 22.8. The largest absolute Gasteiger partial charge is 0.496 e. The van der Waals surface area contributed by atoms with Crippen molar-refractivity contribution in [2.24, 2.45) is 0 Å². The van der Waals surface area contributed by atoms with E-state index in [0.717, 1.165) is 54.8 Å². The van der Waals surface area contributed by atoms with Gasteiger partial charge in [-0.3, -0.25) is 4.40 Å². The molecular formula is C24H25FN6O2. The number of fused-ring (bicyclic) bond motifs is 1. The van der Waals surface area contributed by atoms with Crippen molar-refractivity contribution in [2.45, 2.75) is 13.5 Å². The van der Waals surface area contributed by atoms with Crippen LogP contribution in [0.4, 0.5) is 16.0 Å². The van der Waals surface area contributed by atoms with Crippen LogP contribution in [0.2, 0.25) is 0 Å². The van der Waals surface area contributed by atoms with Crippen LogP contribution >= 0.6 is 0 Å². The van der Waals surface area contributed by atoms with E-state index in [4.69, 9.17) is 14.5 Å². The number of anilines is 2. The van der Waals surface area contributed by atoms with Gasteiger partial charge in [-0.25, -0.2) is 9.37 Å². The number of hydrogen-bond donors (Lipinski definition) is 1. The molecule has 0 atom stereocenters. The average Bonchev–Trinajstić information content (AvgIpc) is 3.34. The smallest absolute Gasteiger partial charge is 0.170 e. The fraction of sp³-hybridized carbons (Fsp3) is 0.292.